The Morgan fingerprint density at radius 1 is 1.35 bits per heavy atom. The average molecular weight is 375 g/mol. The van der Waals surface area contributed by atoms with Crippen molar-refractivity contribution in [1.82, 2.24) is 10.3 Å². The molecule has 26 heavy (non-hydrogen) atoms. The van der Waals surface area contributed by atoms with Gasteiger partial charge < -0.3 is 15.0 Å². The zero-order chi connectivity index (χ0) is 18.8. The van der Waals surface area contributed by atoms with E-state index < -0.39 is 17.5 Å². The number of aromatic nitrogens is 1. The van der Waals surface area contributed by atoms with Crippen LogP contribution in [0.15, 0.2) is 18.2 Å². The molecule has 1 aromatic rings. The molecule has 3 heterocycles. The summed E-state index contributed by atoms with van der Waals surface area (Å²) in [5.41, 5.74) is -2.52. The molecular formula is C17H21F4N3O2. The first-order valence-corrected chi connectivity index (χ1v) is 8.60. The molecule has 1 unspecified atom stereocenters. The zero-order valence-electron chi connectivity index (χ0n) is 14.2. The van der Waals surface area contributed by atoms with Crippen molar-refractivity contribution >= 4 is 11.7 Å². The fourth-order valence-electron chi connectivity index (χ4n) is 3.20. The zero-order valence-corrected chi connectivity index (χ0v) is 14.2. The Morgan fingerprint density at radius 2 is 2.08 bits per heavy atom. The third kappa shape index (κ3) is 4.44. The Kier molecular flexibility index (Phi) is 5.36. The molecule has 3 rings (SSSR count). The molecule has 0 radical (unpaired) electrons. The van der Waals surface area contributed by atoms with Crippen molar-refractivity contribution in [2.75, 3.05) is 37.7 Å². The number of carbonyl (C=O) groups excluding carboxylic acids is 1. The summed E-state index contributed by atoms with van der Waals surface area (Å²) >= 11 is 0. The van der Waals surface area contributed by atoms with Crippen LogP contribution < -0.4 is 10.2 Å². The molecule has 0 aromatic carbocycles. The van der Waals surface area contributed by atoms with Crippen molar-refractivity contribution in [1.29, 1.82) is 0 Å². The highest BCUT2D eigenvalue weighted by molar-refractivity contribution is 5.79. The highest BCUT2D eigenvalue weighted by Crippen LogP contribution is 2.32. The number of amides is 1. The minimum Gasteiger partial charge on any atom is -0.381 e. The molecule has 2 fully saturated rings. The lowest BCUT2D eigenvalue weighted by Crippen LogP contribution is -2.49. The van der Waals surface area contributed by atoms with Gasteiger partial charge in [0.25, 0.3) is 0 Å². The van der Waals surface area contributed by atoms with Gasteiger partial charge in [-0.2, -0.15) is 13.2 Å². The summed E-state index contributed by atoms with van der Waals surface area (Å²) in [5.74, 6) is -0.247. The standard InChI is InChI=1S/C17H21F4N3O2/c18-16(11-22-15(25)12-4-9-26-10-12)5-7-24(8-6-16)14-3-1-2-13(23-14)17(19,20)21/h1-3,12H,4-11H2,(H,22,25). The Hall–Kier alpha value is -1.90. The van der Waals surface area contributed by atoms with E-state index in [-0.39, 0.29) is 50.1 Å². The molecular weight excluding hydrogens is 354 g/mol. The molecule has 1 amide bonds. The van der Waals surface area contributed by atoms with Crippen molar-refractivity contribution in [2.24, 2.45) is 5.92 Å². The monoisotopic (exact) mass is 375 g/mol. The second kappa shape index (κ2) is 7.38. The third-order valence-electron chi connectivity index (χ3n) is 4.89. The van der Waals surface area contributed by atoms with Gasteiger partial charge in [-0.1, -0.05) is 6.07 Å². The highest BCUT2D eigenvalue weighted by Gasteiger charge is 2.37. The van der Waals surface area contributed by atoms with E-state index in [9.17, 15) is 22.4 Å². The van der Waals surface area contributed by atoms with Crippen molar-refractivity contribution in [3.8, 4) is 0 Å². The van der Waals surface area contributed by atoms with Crippen LogP contribution in [0, 0.1) is 5.92 Å². The number of ether oxygens (including phenoxy) is 1. The first-order chi connectivity index (χ1) is 12.3. The van der Waals surface area contributed by atoms with Gasteiger partial charge >= 0.3 is 6.18 Å². The van der Waals surface area contributed by atoms with Gasteiger partial charge in [0.1, 0.15) is 17.2 Å². The van der Waals surface area contributed by atoms with Gasteiger partial charge in [0.15, 0.2) is 0 Å². The number of rotatable bonds is 4. The fraction of sp³-hybridized carbons (Fsp3) is 0.647. The third-order valence-corrected chi connectivity index (χ3v) is 4.89. The number of nitrogens with one attached hydrogen (secondary N) is 1. The summed E-state index contributed by atoms with van der Waals surface area (Å²) in [4.78, 5) is 17.2. The summed E-state index contributed by atoms with van der Waals surface area (Å²) < 4.78 is 58.4. The van der Waals surface area contributed by atoms with Gasteiger partial charge in [-0.15, -0.1) is 0 Å². The van der Waals surface area contributed by atoms with Crippen molar-refractivity contribution < 1.29 is 27.1 Å². The predicted octanol–water partition coefficient (Wildman–Crippen LogP) is 2.56. The molecule has 2 saturated heterocycles. The topological polar surface area (TPSA) is 54.5 Å². The molecule has 1 atom stereocenters. The summed E-state index contributed by atoms with van der Waals surface area (Å²) in [6.07, 6.45) is -3.64. The van der Waals surface area contributed by atoms with E-state index in [1.807, 2.05) is 0 Å². The van der Waals surface area contributed by atoms with Crippen molar-refractivity contribution in [2.45, 2.75) is 31.1 Å². The van der Waals surface area contributed by atoms with Crippen LogP contribution in [0.1, 0.15) is 25.0 Å². The van der Waals surface area contributed by atoms with Gasteiger partial charge in [0.2, 0.25) is 5.91 Å². The van der Waals surface area contributed by atoms with Crippen LogP contribution in [0.3, 0.4) is 0 Å². The molecule has 5 nitrogen and oxygen atoms in total. The van der Waals surface area contributed by atoms with E-state index in [0.29, 0.717) is 19.6 Å². The molecule has 0 saturated carbocycles. The van der Waals surface area contributed by atoms with E-state index in [0.717, 1.165) is 6.07 Å². The maximum absolute atomic E-state index is 14.9. The average Bonchev–Trinajstić information content (AvgIpc) is 3.15. The Bertz CT molecular complexity index is 639. The second-order valence-corrected chi connectivity index (χ2v) is 6.80. The summed E-state index contributed by atoms with van der Waals surface area (Å²) in [5, 5.41) is 2.64. The first-order valence-electron chi connectivity index (χ1n) is 8.60. The number of hydrogen-bond donors (Lipinski definition) is 1. The van der Waals surface area contributed by atoms with E-state index in [1.165, 1.54) is 12.1 Å². The van der Waals surface area contributed by atoms with Crippen LogP contribution in [0.5, 0.6) is 0 Å². The summed E-state index contributed by atoms with van der Waals surface area (Å²) in [6, 6.07) is 3.70. The molecule has 144 valence electrons. The van der Waals surface area contributed by atoms with Gasteiger partial charge in [-0.25, -0.2) is 9.37 Å². The number of alkyl halides is 4. The fourth-order valence-corrected chi connectivity index (χ4v) is 3.20. The maximum Gasteiger partial charge on any atom is 0.433 e. The largest absolute Gasteiger partial charge is 0.433 e. The highest BCUT2D eigenvalue weighted by atomic mass is 19.4. The normalized spacial score (nSPS) is 23.1. The lowest BCUT2D eigenvalue weighted by Gasteiger charge is -2.37. The minimum atomic E-state index is -4.51. The quantitative estimate of drug-likeness (QED) is 0.822. The molecule has 0 bridgehead atoms. The Labute approximate surface area is 148 Å². The Balaban J connectivity index is 1.54. The number of carbonyl (C=O) groups is 1. The van der Waals surface area contributed by atoms with Crippen LogP contribution in [-0.2, 0) is 15.7 Å². The predicted molar refractivity (Wildman–Crippen MR) is 86.5 cm³/mol. The van der Waals surface area contributed by atoms with E-state index in [4.69, 9.17) is 4.74 Å². The molecule has 9 heteroatoms. The van der Waals surface area contributed by atoms with E-state index in [1.54, 1.807) is 4.90 Å². The maximum atomic E-state index is 14.9. The molecule has 2 aliphatic rings. The second-order valence-electron chi connectivity index (χ2n) is 6.80. The van der Waals surface area contributed by atoms with Crippen LogP contribution in [0.4, 0.5) is 23.4 Å². The summed E-state index contributed by atoms with van der Waals surface area (Å²) in [6.45, 7) is 1.30. The molecule has 0 aliphatic carbocycles. The van der Waals surface area contributed by atoms with Crippen LogP contribution >= 0.6 is 0 Å². The number of pyridine rings is 1. The van der Waals surface area contributed by atoms with E-state index >= 15 is 0 Å². The van der Waals surface area contributed by atoms with Crippen molar-refractivity contribution in [3.05, 3.63) is 23.9 Å². The van der Waals surface area contributed by atoms with Crippen LogP contribution in [0.2, 0.25) is 0 Å². The number of halogens is 4. The number of nitrogens with zero attached hydrogens (tertiary/aromatic N) is 2. The van der Waals surface area contributed by atoms with Crippen LogP contribution in [-0.4, -0.2) is 49.4 Å². The number of anilines is 1. The smallest absolute Gasteiger partial charge is 0.381 e. The SMILES string of the molecule is O=C(NCC1(F)CCN(c2cccc(C(F)(F)F)n2)CC1)C1CCOC1. The van der Waals surface area contributed by atoms with Gasteiger partial charge in [-0.3, -0.25) is 4.79 Å². The van der Waals surface area contributed by atoms with Crippen LogP contribution in [0.25, 0.3) is 0 Å². The minimum absolute atomic E-state index is 0.0911. The van der Waals surface area contributed by atoms with Gasteiger partial charge in [0, 0.05) is 32.5 Å². The number of hydrogen-bond acceptors (Lipinski definition) is 4. The molecule has 1 N–H and O–H groups in total. The first kappa shape index (κ1) is 18.9. The lowest BCUT2D eigenvalue weighted by atomic mass is 9.93. The molecule has 2 aliphatic heterocycles. The molecule has 0 spiro atoms. The molecule has 1 aromatic heterocycles. The van der Waals surface area contributed by atoms with Crippen molar-refractivity contribution in [3.63, 3.8) is 0 Å². The number of piperidine rings is 1. The lowest BCUT2D eigenvalue weighted by molar-refractivity contribution is -0.141. The van der Waals surface area contributed by atoms with Gasteiger partial charge in [-0.05, 0) is 18.6 Å². The van der Waals surface area contributed by atoms with Gasteiger partial charge in [0.05, 0.1) is 19.1 Å². The van der Waals surface area contributed by atoms with E-state index in [2.05, 4.69) is 10.3 Å². The Morgan fingerprint density at radius 3 is 2.69 bits per heavy atom. The summed E-state index contributed by atoms with van der Waals surface area (Å²) in [7, 11) is 0.